The van der Waals surface area contributed by atoms with E-state index in [1.165, 1.54) is 11.8 Å². The first-order valence-corrected chi connectivity index (χ1v) is 4.97. The Balaban J connectivity index is 2.42. The third-order valence-corrected chi connectivity index (χ3v) is 2.51. The van der Waals surface area contributed by atoms with E-state index in [0.29, 0.717) is 5.82 Å². The summed E-state index contributed by atoms with van der Waals surface area (Å²) in [4.78, 5) is 0.902. The van der Waals surface area contributed by atoms with Gasteiger partial charge in [0.15, 0.2) is 0 Å². The van der Waals surface area contributed by atoms with Crippen molar-refractivity contribution in [2.45, 2.75) is 4.90 Å². The molecule has 6 nitrogen and oxygen atoms in total. The maximum absolute atomic E-state index is 5.44. The topological polar surface area (TPSA) is 106 Å². The molecule has 0 saturated heterocycles. The highest BCUT2D eigenvalue weighted by atomic mass is 32.2. The summed E-state index contributed by atoms with van der Waals surface area (Å²) in [7, 11) is 0. The number of benzene rings is 1. The van der Waals surface area contributed by atoms with Crippen LogP contribution >= 0.6 is 11.8 Å². The molecule has 0 aliphatic heterocycles. The number of rotatable bonds is 2. The molecule has 0 radical (unpaired) electrons. The smallest absolute Gasteiger partial charge is 0.281 e. The molecule has 1 heterocycles. The van der Waals surface area contributed by atoms with Gasteiger partial charge in [-0.05, 0) is 29.1 Å². The Morgan fingerprint density at radius 2 is 2.20 bits per heavy atom. The minimum atomic E-state index is 0.283. The summed E-state index contributed by atoms with van der Waals surface area (Å²) in [6.07, 6.45) is 0. The van der Waals surface area contributed by atoms with Crippen molar-refractivity contribution in [2.75, 3.05) is 0 Å². The lowest BCUT2D eigenvalue weighted by Gasteiger charge is -2.01. The molecule has 0 fully saturated rings. The largest absolute Gasteiger partial charge is 0.304 e. The molecular formula is C8H9N6S+. The van der Waals surface area contributed by atoms with Crippen molar-refractivity contribution in [3.8, 4) is 11.4 Å². The SMILES string of the molecule is NC(=[NH2+])Sc1ccccc1-c1nn[nH]n1. The number of aromatic amines is 1. The molecule has 2 rings (SSSR count). The van der Waals surface area contributed by atoms with Crippen molar-refractivity contribution < 1.29 is 5.41 Å². The van der Waals surface area contributed by atoms with Crippen LogP contribution in [0, 0.1) is 0 Å². The highest BCUT2D eigenvalue weighted by Crippen LogP contribution is 2.27. The minimum absolute atomic E-state index is 0.283. The predicted molar refractivity (Wildman–Crippen MR) is 56.6 cm³/mol. The van der Waals surface area contributed by atoms with E-state index < -0.39 is 0 Å². The van der Waals surface area contributed by atoms with Crippen LogP contribution in [-0.2, 0) is 0 Å². The second kappa shape index (κ2) is 4.09. The first kappa shape index (κ1) is 9.66. The van der Waals surface area contributed by atoms with Gasteiger partial charge in [0.25, 0.3) is 0 Å². The third kappa shape index (κ3) is 2.13. The molecule has 0 unspecified atom stereocenters. The first-order chi connectivity index (χ1) is 7.27. The molecule has 1 aromatic carbocycles. The molecule has 0 amide bonds. The number of aromatic nitrogens is 4. The molecule has 0 atom stereocenters. The van der Waals surface area contributed by atoms with Gasteiger partial charge in [0.1, 0.15) is 0 Å². The maximum Gasteiger partial charge on any atom is 0.304 e. The summed E-state index contributed by atoms with van der Waals surface area (Å²) in [6.45, 7) is 0. The molecule has 0 bridgehead atoms. The lowest BCUT2D eigenvalue weighted by atomic mass is 10.2. The Labute approximate surface area is 89.8 Å². The fourth-order valence-corrected chi connectivity index (χ4v) is 1.81. The summed E-state index contributed by atoms with van der Waals surface area (Å²) < 4.78 is 0. The zero-order valence-electron chi connectivity index (χ0n) is 7.71. The number of tetrazole rings is 1. The zero-order chi connectivity index (χ0) is 10.7. The van der Waals surface area contributed by atoms with Crippen LogP contribution in [0.3, 0.4) is 0 Å². The van der Waals surface area contributed by atoms with Gasteiger partial charge < -0.3 is 0 Å². The number of amidine groups is 1. The monoisotopic (exact) mass is 221 g/mol. The van der Waals surface area contributed by atoms with Crippen molar-refractivity contribution in [2.24, 2.45) is 5.73 Å². The van der Waals surface area contributed by atoms with Gasteiger partial charge in [0, 0.05) is 10.5 Å². The van der Waals surface area contributed by atoms with Gasteiger partial charge >= 0.3 is 5.17 Å². The Morgan fingerprint density at radius 3 is 2.87 bits per heavy atom. The second-order valence-electron chi connectivity index (χ2n) is 2.74. The summed E-state index contributed by atoms with van der Waals surface area (Å²) in [5.74, 6) is 0.527. The van der Waals surface area contributed by atoms with Gasteiger partial charge in [-0.1, -0.05) is 12.1 Å². The highest BCUT2D eigenvalue weighted by Gasteiger charge is 2.11. The van der Waals surface area contributed by atoms with Crippen LogP contribution in [0.5, 0.6) is 0 Å². The number of nitrogens with zero attached hydrogens (tertiary/aromatic N) is 3. The second-order valence-corrected chi connectivity index (χ2v) is 3.85. The van der Waals surface area contributed by atoms with E-state index in [4.69, 9.17) is 11.1 Å². The number of hydrogen-bond acceptors (Lipinski definition) is 4. The van der Waals surface area contributed by atoms with Crippen LogP contribution in [0.15, 0.2) is 29.2 Å². The van der Waals surface area contributed by atoms with E-state index in [0.717, 1.165) is 10.5 Å². The van der Waals surface area contributed by atoms with Crippen LogP contribution < -0.4 is 11.1 Å². The molecule has 5 N–H and O–H groups in total. The van der Waals surface area contributed by atoms with Crippen LogP contribution in [-0.4, -0.2) is 25.8 Å². The van der Waals surface area contributed by atoms with E-state index in [-0.39, 0.29) is 5.17 Å². The lowest BCUT2D eigenvalue weighted by molar-refractivity contribution is -0.110. The van der Waals surface area contributed by atoms with Crippen LogP contribution in [0.25, 0.3) is 11.4 Å². The van der Waals surface area contributed by atoms with Crippen molar-refractivity contribution in [1.29, 1.82) is 0 Å². The van der Waals surface area contributed by atoms with Gasteiger partial charge in [-0.3, -0.25) is 11.1 Å². The molecule has 2 aromatic rings. The number of nitrogens with two attached hydrogens (primary N) is 2. The number of thioether (sulfide) groups is 1. The summed E-state index contributed by atoms with van der Waals surface area (Å²) >= 11 is 1.27. The molecule has 0 aliphatic carbocycles. The Morgan fingerprint density at radius 1 is 1.40 bits per heavy atom. The molecule has 76 valence electrons. The van der Waals surface area contributed by atoms with Crippen LogP contribution in [0.2, 0.25) is 0 Å². The molecule has 1 aromatic heterocycles. The minimum Gasteiger partial charge on any atom is -0.281 e. The molecule has 0 spiro atoms. The quantitative estimate of drug-likeness (QED) is 0.344. The van der Waals surface area contributed by atoms with Gasteiger partial charge in [0.05, 0.1) is 0 Å². The highest BCUT2D eigenvalue weighted by molar-refractivity contribution is 8.13. The van der Waals surface area contributed by atoms with Crippen molar-refractivity contribution in [3.63, 3.8) is 0 Å². The van der Waals surface area contributed by atoms with E-state index in [2.05, 4.69) is 20.6 Å². The normalized spacial score (nSPS) is 10.1. The van der Waals surface area contributed by atoms with Gasteiger partial charge in [-0.25, -0.2) is 0 Å². The standard InChI is InChI=1S/C8H8N6S/c9-8(10)15-6-4-2-1-3-5(6)7-11-13-14-12-7/h1-4H,(H3,9,10)(H,11,12,13,14)/p+1. The fourth-order valence-electron chi connectivity index (χ4n) is 1.14. The number of H-pyrrole nitrogens is 1. The Hall–Kier alpha value is -1.89. The van der Waals surface area contributed by atoms with Crippen LogP contribution in [0.1, 0.15) is 0 Å². The Kier molecular flexibility index (Phi) is 2.64. The van der Waals surface area contributed by atoms with Crippen molar-refractivity contribution in [1.82, 2.24) is 20.6 Å². The maximum atomic E-state index is 5.44. The first-order valence-electron chi connectivity index (χ1n) is 4.16. The summed E-state index contributed by atoms with van der Waals surface area (Å²) in [6, 6.07) is 7.57. The van der Waals surface area contributed by atoms with Crippen molar-refractivity contribution in [3.05, 3.63) is 24.3 Å². The van der Waals surface area contributed by atoms with Crippen molar-refractivity contribution >= 4 is 16.9 Å². The molecule has 0 saturated carbocycles. The van der Waals surface area contributed by atoms with E-state index in [9.17, 15) is 0 Å². The molecule has 0 aliphatic rings. The van der Waals surface area contributed by atoms with E-state index in [1.807, 2.05) is 24.3 Å². The number of hydrogen-bond donors (Lipinski definition) is 3. The van der Waals surface area contributed by atoms with E-state index >= 15 is 0 Å². The third-order valence-electron chi connectivity index (χ3n) is 1.70. The molecule has 7 heteroatoms. The predicted octanol–water partition coefficient (Wildman–Crippen LogP) is -0.967. The van der Waals surface area contributed by atoms with E-state index in [1.54, 1.807) is 0 Å². The average Bonchev–Trinajstić information content (AvgIpc) is 2.70. The average molecular weight is 221 g/mol. The summed E-state index contributed by atoms with van der Waals surface area (Å²) in [5.41, 5.74) is 6.29. The molecule has 15 heavy (non-hydrogen) atoms. The Bertz CT molecular complexity index is 466. The van der Waals surface area contributed by atoms with Gasteiger partial charge in [-0.15, -0.1) is 10.2 Å². The van der Waals surface area contributed by atoms with Gasteiger partial charge in [0.2, 0.25) is 5.82 Å². The lowest BCUT2D eigenvalue weighted by Crippen LogP contribution is -2.43. The fraction of sp³-hybridized carbons (Fsp3) is 0. The van der Waals surface area contributed by atoms with Crippen LogP contribution in [0.4, 0.5) is 0 Å². The molecular weight excluding hydrogens is 212 g/mol. The summed E-state index contributed by atoms with van der Waals surface area (Å²) in [5, 5.41) is 19.4. The van der Waals surface area contributed by atoms with Gasteiger partial charge in [-0.2, -0.15) is 5.21 Å². The zero-order valence-corrected chi connectivity index (χ0v) is 8.53. The number of nitrogens with one attached hydrogen (secondary N) is 1.